The molecule has 0 aliphatic heterocycles. The van der Waals surface area contributed by atoms with Crippen molar-refractivity contribution in [2.24, 2.45) is 5.73 Å². The Labute approximate surface area is 86.4 Å². The van der Waals surface area contributed by atoms with Crippen molar-refractivity contribution in [1.29, 1.82) is 0 Å². The van der Waals surface area contributed by atoms with Crippen LogP contribution in [0, 0.1) is 10.1 Å². The maximum Gasteiger partial charge on any atom is 0.284 e. The SMILES string of the molecule is C/C(C(N)=O)=C(/c1ccccc1)[N+](=O)[O-]. The van der Waals surface area contributed by atoms with Crippen molar-refractivity contribution >= 4 is 11.6 Å². The summed E-state index contributed by atoms with van der Waals surface area (Å²) in [5.41, 5.74) is 5.09. The molecule has 0 spiro atoms. The number of nitro groups is 1. The van der Waals surface area contributed by atoms with E-state index in [2.05, 4.69) is 0 Å². The number of carbonyl (C=O) groups is 1. The fourth-order valence-corrected chi connectivity index (χ4v) is 1.17. The van der Waals surface area contributed by atoms with Gasteiger partial charge in [0.05, 0.1) is 16.1 Å². The molecule has 0 atom stereocenters. The smallest absolute Gasteiger partial charge is 0.284 e. The lowest BCUT2D eigenvalue weighted by molar-refractivity contribution is -0.376. The zero-order chi connectivity index (χ0) is 11.4. The second kappa shape index (κ2) is 4.36. The number of rotatable bonds is 3. The molecule has 15 heavy (non-hydrogen) atoms. The first-order valence-electron chi connectivity index (χ1n) is 4.24. The Kier molecular flexibility index (Phi) is 3.17. The largest absolute Gasteiger partial charge is 0.366 e. The molecule has 2 N–H and O–H groups in total. The summed E-state index contributed by atoms with van der Waals surface area (Å²) in [5, 5.41) is 10.8. The van der Waals surface area contributed by atoms with E-state index in [1.54, 1.807) is 30.3 Å². The number of primary amides is 1. The third kappa shape index (κ3) is 2.40. The highest BCUT2D eigenvalue weighted by molar-refractivity contribution is 5.97. The van der Waals surface area contributed by atoms with Gasteiger partial charge < -0.3 is 5.73 Å². The van der Waals surface area contributed by atoms with Gasteiger partial charge in [-0.3, -0.25) is 14.9 Å². The van der Waals surface area contributed by atoms with Crippen LogP contribution in [-0.2, 0) is 4.79 Å². The zero-order valence-corrected chi connectivity index (χ0v) is 8.14. The number of nitrogens with two attached hydrogens (primary N) is 1. The normalized spacial score (nSPS) is 11.8. The summed E-state index contributed by atoms with van der Waals surface area (Å²) in [6.45, 7) is 1.34. The van der Waals surface area contributed by atoms with E-state index < -0.39 is 10.8 Å². The second-order valence-corrected chi connectivity index (χ2v) is 2.96. The van der Waals surface area contributed by atoms with E-state index in [0.717, 1.165) is 0 Å². The van der Waals surface area contributed by atoms with Crippen molar-refractivity contribution in [3.63, 3.8) is 0 Å². The molecule has 1 aromatic rings. The van der Waals surface area contributed by atoms with Crippen molar-refractivity contribution in [1.82, 2.24) is 0 Å². The van der Waals surface area contributed by atoms with Gasteiger partial charge in [-0.2, -0.15) is 0 Å². The van der Waals surface area contributed by atoms with E-state index in [0.29, 0.717) is 5.56 Å². The molecular formula is C10H10N2O3. The summed E-state index contributed by atoms with van der Waals surface area (Å²) in [6, 6.07) is 8.18. The van der Waals surface area contributed by atoms with E-state index >= 15 is 0 Å². The summed E-state index contributed by atoms with van der Waals surface area (Å²) in [4.78, 5) is 21.1. The van der Waals surface area contributed by atoms with Crippen LogP contribution in [0.5, 0.6) is 0 Å². The highest BCUT2D eigenvalue weighted by atomic mass is 16.6. The number of benzene rings is 1. The predicted molar refractivity (Wildman–Crippen MR) is 55.2 cm³/mol. The first-order valence-corrected chi connectivity index (χ1v) is 4.24. The monoisotopic (exact) mass is 206 g/mol. The molecule has 0 radical (unpaired) electrons. The van der Waals surface area contributed by atoms with Gasteiger partial charge in [0.2, 0.25) is 0 Å². The van der Waals surface area contributed by atoms with Crippen LogP contribution >= 0.6 is 0 Å². The number of nitrogens with zero attached hydrogens (tertiary/aromatic N) is 1. The molecule has 0 unspecified atom stereocenters. The van der Waals surface area contributed by atoms with Gasteiger partial charge in [-0.15, -0.1) is 0 Å². The summed E-state index contributed by atoms with van der Waals surface area (Å²) >= 11 is 0. The van der Waals surface area contributed by atoms with Gasteiger partial charge in [0.25, 0.3) is 11.6 Å². The summed E-state index contributed by atoms with van der Waals surface area (Å²) < 4.78 is 0. The molecule has 78 valence electrons. The average molecular weight is 206 g/mol. The lowest BCUT2D eigenvalue weighted by Crippen LogP contribution is -2.16. The minimum absolute atomic E-state index is 0.0498. The van der Waals surface area contributed by atoms with E-state index in [-0.39, 0.29) is 11.3 Å². The molecule has 0 fully saturated rings. The third-order valence-electron chi connectivity index (χ3n) is 1.95. The summed E-state index contributed by atoms with van der Waals surface area (Å²) in [5.74, 6) is -0.787. The highest BCUT2D eigenvalue weighted by Crippen LogP contribution is 2.18. The van der Waals surface area contributed by atoms with Crippen molar-refractivity contribution < 1.29 is 9.72 Å². The van der Waals surface area contributed by atoms with Gasteiger partial charge >= 0.3 is 0 Å². The molecule has 0 heterocycles. The van der Waals surface area contributed by atoms with Crippen LogP contribution in [0.3, 0.4) is 0 Å². The van der Waals surface area contributed by atoms with Crippen LogP contribution in [0.15, 0.2) is 35.9 Å². The van der Waals surface area contributed by atoms with Crippen molar-refractivity contribution in [3.05, 3.63) is 51.6 Å². The van der Waals surface area contributed by atoms with Gasteiger partial charge in [-0.1, -0.05) is 18.2 Å². The molecule has 1 amide bonds. The average Bonchev–Trinajstić information content (AvgIpc) is 2.18. The minimum Gasteiger partial charge on any atom is -0.366 e. The lowest BCUT2D eigenvalue weighted by atomic mass is 10.1. The van der Waals surface area contributed by atoms with Crippen molar-refractivity contribution in [3.8, 4) is 0 Å². The van der Waals surface area contributed by atoms with Gasteiger partial charge in [0.1, 0.15) is 0 Å². The lowest BCUT2D eigenvalue weighted by Gasteiger charge is -2.01. The number of hydrogen-bond donors (Lipinski definition) is 1. The Bertz CT molecular complexity index is 424. The van der Waals surface area contributed by atoms with E-state index in [9.17, 15) is 14.9 Å². The van der Waals surface area contributed by atoms with E-state index in [1.165, 1.54) is 6.92 Å². The van der Waals surface area contributed by atoms with Crippen LogP contribution < -0.4 is 5.73 Å². The Hall–Kier alpha value is -2.17. The zero-order valence-electron chi connectivity index (χ0n) is 8.14. The standard InChI is InChI=1S/C10H10N2O3/c1-7(10(11)13)9(12(14)15)8-5-3-2-4-6-8/h2-6H,1H3,(H2,11,13)/b9-7+. The molecule has 0 saturated carbocycles. The fourth-order valence-electron chi connectivity index (χ4n) is 1.17. The van der Waals surface area contributed by atoms with Crippen LogP contribution in [0.1, 0.15) is 12.5 Å². The Morgan fingerprint density at radius 2 is 1.87 bits per heavy atom. The predicted octanol–water partition coefficient (Wildman–Crippen LogP) is 1.18. The minimum atomic E-state index is -0.787. The molecule has 0 bridgehead atoms. The molecular weight excluding hydrogens is 196 g/mol. The van der Waals surface area contributed by atoms with E-state index in [4.69, 9.17) is 5.73 Å². The summed E-state index contributed by atoms with van der Waals surface area (Å²) in [7, 11) is 0. The van der Waals surface area contributed by atoms with E-state index in [1.807, 2.05) is 0 Å². The van der Waals surface area contributed by atoms with Gasteiger partial charge in [0.15, 0.2) is 0 Å². The first-order chi connectivity index (χ1) is 7.04. The topological polar surface area (TPSA) is 86.2 Å². The van der Waals surface area contributed by atoms with Gasteiger partial charge in [-0.05, 0) is 19.1 Å². The van der Waals surface area contributed by atoms with Gasteiger partial charge in [0, 0.05) is 0 Å². The molecule has 1 rings (SSSR count). The number of hydrogen-bond acceptors (Lipinski definition) is 3. The highest BCUT2D eigenvalue weighted by Gasteiger charge is 2.20. The Balaban J connectivity index is 3.34. The Morgan fingerprint density at radius 3 is 2.27 bits per heavy atom. The quantitative estimate of drug-likeness (QED) is 0.457. The van der Waals surface area contributed by atoms with Crippen LogP contribution in [0.2, 0.25) is 0 Å². The van der Waals surface area contributed by atoms with Crippen LogP contribution in [0.4, 0.5) is 0 Å². The number of amides is 1. The molecule has 5 heteroatoms. The maximum absolute atomic E-state index is 10.9. The van der Waals surface area contributed by atoms with Crippen LogP contribution in [-0.4, -0.2) is 10.8 Å². The first kappa shape index (κ1) is 10.9. The Morgan fingerprint density at radius 1 is 1.33 bits per heavy atom. The van der Waals surface area contributed by atoms with Gasteiger partial charge in [-0.25, -0.2) is 0 Å². The molecule has 0 saturated heterocycles. The summed E-state index contributed by atoms with van der Waals surface area (Å²) in [6.07, 6.45) is 0. The molecule has 0 aromatic heterocycles. The third-order valence-corrected chi connectivity index (χ3v) is 1.95. The molecule has 0 aliphatic carbocycles. The second-order valence-electron chi connectivity index (χ2n) is 2.96. The molecule has 5 nitrogen and oxygen atoms in total. The van der Waals surface area contributed by atoms with Crippen molar-refractivity contribution in [2.45, 2.75) is 6.92 Å². The maximum atomic E-state index is 10.9. The number of carbonyl (C=O) groups excluding carboxylic acids is 1. The molecule has 0 aliphatic rings. The fraction of sp³-hybridized carbons (Fsp3) is 0.100. The van der Waals surface area contributed by atoms with Crippen LogP contribution in [0.25, 0.3) is 5.70 Å². The van der Waals surface area contributed by atoms with Crippen molar-refractivity contribution in [2.75, 3.05) is 0 Å². The molecule has 1 aromatic carbocycles.